The minimum absolute atomic E-state index is 0.0391. The highest BCUT2D eigenvalue weighted by atomic mass is 35.5. The number of amides is 1. The quantitative estimate of drug-likeness (QED) is 0.589. The first-order valence-electron chi connectivity index (χ1n) is 10.3. The molecule has 0 aliphatic heterocycles. The van der Waals surface area contributed by atoms with Crippen LogP contribution in [0.5, 0.6) is 5.75 Å². The van der Waals surface area contributed by atoms with Crippen LogP contribution in [-0.2, 0) is 14.8 Å². The van der Waals surface area contributed by atoms with Crippen LogP contribution >= 0.6 is 11.6 Å². The molecular weight excluding hydrogens is 438 g/mol. The number of hydrogen-bond donors (Lipinski definition) is 1. The highest BCUT2D eigenvalue weighted by Crippen LogP contribution is 2.26. The maximum absolute atomic E-state index is 13.3. The molecule has 0 unspecified atom stereocenters. The molecule has 0 aromatic heterocycles. The van der Waals surface area contributed by atoms with Gasteiger partial charge in [0.2, 0.25) is 0 Å². The number of carbonyl (C=O) groups is 1. The normalized spacial score (nSPS) is 14.1. The lowest BCUT2D eigenvalue weighted by Crippen LogP contribution is -2.39. The van der Waals surface area contributed by atoms with Crippen LogP contribution < -0.4 is 14.5 Å². The Morgan fingerprint density at radius 1 is 1.06 bits per heavy atom. The minimum Gasteiger partial charge on any atom is -0.494 e. The zero-order chi connectivity index (χ0) is 22.3. The van der Waals surface area contributed by atoms with E-state index >= 15 is 0 Å². The van der Waals surface area contributed by atoms with E-state index < -0.39 is 22.5 Å². The molecule has 1 aliphatic carbocycles. The highest BCUT2D eigenvalue weighted by molar-refractivity contribution is 7.92. The summed E-state index contributed by atoms with van der Waals surface area (Å²) in [5, 5.41) is 4.62. The van der Waals surface area contributed by atoms with E-state index in [9.17, 15) is 13.2 Å². The largest absolute Gasteiger partial charge is 0.494 e. The van der Waals surface area contributed by atoms with Gasteiger partial charge in [-0.1, -0.05) is 18.0 Å². The zero-order valence-electron chi connectivity index (χ0n) is 17.4. The van der Waals surface area contributed by atoms with Crippen LogP contribution in [0.1, 0.15) is 39.0 Å². The number of ether oxygens (including phenoxy) is 1. The highest BCUT2D eigenvalue weighted by Gasteiger charge is 2.27. The van der Waals surface area contributed by atoms with Gasteiger partial charge in [-0.05, 0) is 81.1 Å². The molecule has 9 heteroatoms. The average Bonchev–Trinajstić information content (AvgIpc) is 2.78. The number of rotatable bonds is 8. The van der Waals surface area contributed by atoms with Crippen molar-refractivity contribution in [3.8, 4) is 5.75 Å². The fourth-order valence-corrected chi connectivity index (χ4v) is 4.85. The summed E-state index contributed by atoms with van der Waals surface area (Å²) in [7, 11) is -4.01. The van der Waals surface area contributed by atoms with Gasteiger partial charge >= 0.3 is 0 Å². The Hall–Kier alpha value is -2.58. The molecule has 0 spiro atoms. The third-order valence-corrected chi connectivity index (χ3v) is 6.93. The number of nitrogens with one attached hydrogen (secondary N) is 1. The van der Waals surface area contributed by atoms with Crippen LogP contribution in [0.15, 0.2) is 58.5 Å². The monoisotopic (exact) mass is 463 g/mol. The van der Waals surface area contributed by atoms with Crippen LogP contribution in [0.3, 0.4) is 0 Å². The number of hydrazone groups is 1. The second-order valence-corrected chi connectivity index (χ2v) is 9.46. The van der Waals surface area contributed by atoms with Gasteiger partial charge in [0.25, 0.3) is 15.9 Å². The van der Waals surface area contributed by atoms with E-state index in [1.54, 1.807) is 24.3 Å². The van der Waals surface area contributed by atoms with Gasteiger partial charge in [-0.3, -0.25) is 9.10 Å². The average molecular weight is 464 g/mol. The Balaban J connectivity index is 1.86. The maximum Gasteiger partial charge on any atom is 0.264 e. The maximum atomic E-state index is 13.3. The Labute approximate surface area is 188 Å². The second kappa shape index (κ2) is 10.6. The Morgan fingerprint density at radius 2 is 1.71 bits per heavy atom. The molecule has 31 heavy (non-hydrogen) atoms. The molecule has 0 bridgehead atoms. The molecule has 2 aromatic rings. The SMILES string of the molecule is CCOc1ccc(N(CC(=O)NN=C2CCCCC2)S(=O)(=O)c2ccc(Cl)cc2)cc1. The van der Waals surface area contributed by atoms with Crippen LogP contribution in [0, 0.1) is 0 Å². The van der Waals surface area contributed by atoms with Gasteiger partial charge in [0.1, 0.15) is 12.3 Å². The van der Waals surface area contributed by atoms with Crippen molar-refractivity contribution in [2.45, 2.75) is 43.9 Å². The smallest absolute Gasteiger partial charge is 0.264 e. The topological polar surface area (TPSA) is 88.1 Å². The summed E-state index contributed by atoms with van der Waals surface area (Å²) in [6, 6.07) is 12.4. The molecule has 1 fully saturated rings. The molecule has 1 amide bonds. The van der Waals surface area contributed by atoms with E-state index in [2.05, 4.69) is 10.5 Å². The van der Waals surface area contributed by atoms with Crippen molar-refractivity contribution in [3.05, 3.63) is 53.6 Å². The van der Waals surface area contributed by atoms with Crippen molar-refractivity contribution in [3.63, 3.8) is 0 Å². The minimum atomic E-state index is -4.01. The molecule has 0 heterocycles. The number of sulfonamides is 1. The van der Waals surface area contributed by atoms with Crippen LogP contribution in [0.25, 0.3) is 0 Å². The summed E-state index contributed by atoms with van der Waals surface area (Å²) in [6.07, 6.45) is 4.98. The molecule has 0 atom stereocenters. The number of anilines is 1. The van der Waals surface area contributed by atoms with Gasteiger partial charge in [-0.25, -0.2) is 13.8 Å². The molecule has 1 aliphatic rings. The van der Waals surface area contributed by atoms with Crippen molar-refractivity contribution in [1.82, 2.24) is 5.43 Å². The molecule has 7 nitrogen and oxygen atoms in total. The lowest BCUT2D eigenvalue weighted by Gasteiger charge is -2.24. The molecule has 1 saturated carbocycles. The number of halogens is 1. The van der Waals surface area contributed by atoms with Gasteiger partial charge < -0.3 is 4.74 Å². The molecule has 3 rings (SSSR count). The van der Waals surface area contributed by atoms with Gasteiger partial charge in [-0.15, -0.1) is 0 Å². The first kappa shape index (κ1) is 23.1. The van der Waals surface area contributed by atoms with Crippen molar-refractivity contribution >= 4 is 38.9 Å². The van der Waals surface area contributed by atoms with Crippen LogP contribution in [0.4, 0.5) is 5.69 Å². The first-order chi connectivity index (χ1) is 14.9. The van der Waals surface area contributed by atoms with Crippen molar-refractivity contribution in [1.29, 1.82) is 0 Å². The molecule has 0 saturated heterocycles. The fourth-order valence-electron chi connectivity index (χ4n) is 3.30. The Kier molecular flexibility index (Phi) is 7.92. The zero-order valence-corrected chi connectivity index (χ0v) is 19.0. The third-order valence-electron chi connectivity index (χ3n) is 4.89. The van der Waals surface area contributed by atoms with Gasteiger partial charge in [0, 0.05) is 10.7 Å². The van der Waals surface area contributed by atoms with E-state index in [4.69, 9.17) is 16.3 Å². The summed E-state index contributed by atoms with van der Waals surface area (Å²) in [4.78, 5) is 12.6. The van der Waals surface area contributed by atoms with Gasteiger partial charge in [0.15, 0.2) is 0 Å². The fraction of sp³-hybridized carbons (Fsp3) is 0.364. The number of benzene rings is 2. The second-order valence-electron chi connectivity index (χ2n) is 7.17. The predicted molar refractivity (Wildman–Crippen MR) is 122 cm³/mol. The van der Waals surface area contributed by atoms with Gasteiger partial charge in [0.05, 0.1) is 17.2 Å². The van der Waals surface area contributed by atoms with Crippen LogP contribution in [0.2, 0.25) is 5.02 Å². The van der Waals surface area contributed by atoms with E-state index in [-0.39, 0.29) is 4.90 Å². The Bertz CT molecular complexity index is 1010. The predicted octanol–water partition coefficient (Wildman–Crippen LogP) is 4.37. The summed E-state index contributed by atoms with van der Waals surface area (Å²) < 4.78 is 33.2. The summed E-state index contributed by atoms with van der Waals surface area (Å²) in [5.74, 6) is 0.104. The van der Waals surface area contributed by atoms with Crippen molar-refractivity contribution in [2.75, 3.05) is 17.5 Å². The standard InChI is InChI=1S/C22H26ClN3O4S/c1-2-30-20-12-10-19(11-13-20)26(31(28,29)21-14-8-17(23)9-15-21)16-22(27)25-24-18-6-4-3-5-7-18/h8-15H,2-7,16H2,1H3,(H,25,27). The van der Waals surface area contributed by atoms with E-state index in [0.717, 1.165) is 42.1 Å². The van der Waals surface area contributed by atoms with E-state index in [0.29, 0.717) is 23.1 Å². The lowest BCUT2D eigenvalue weighted by atomic mass is 9.99. The van der Waals surface area contributed by atoms with Crippen molar-refractivity contribution < 1.29 is 17.9 Å². The summed E-state index contributed by atoms with van der Waals surface area (Å²) in [5.41, 5.74) is 3.80. The molecule has 0 radical (unpaired) electrons. The first-order valence-corrected chi connectivity index (χ1v) is 12.1. The van der Waals surface area contributed by atoms with Crippen LogP contribution in [-0.4, -0.2) is 33.2 Å². The molecule has 2 aromatic carbocycles. The number of nitrogens with zero attached hydrogens (tertiary/aromatic N) is 2. The molecule has 1 N–H and O–H groups in total. The van der Waals surface area contributed by atoms with Gasteiger partial charge in [-0.2, -0.15) is 5.10 Å². The van der Waals surface area contributed by atoms with E-state index in [1.807, 2.05) is 6.92 Å². The number of carbonyl (C=O) groups excluding carboxylic acids is 1. The lowest BCUT2D eigenvalue weighted by molar-refractivity contribution is -0.119. The Morgan fingerprint density at radius 3 is 2.32 bits per heavy atom. The summed E-state index contributed by atoms with van der Waals surface area (Å²) >= 11 is 5.90. The molecule has 166 valence electrons. The third kappa shape index (κ3) is 6.21. The summed E-state index contributed by atoms with van der Waals surface area (Å²) in [6.45, 7) is 1.95. The number of hydrogen-bond acceptors (Lipinski definition) is 5. The van der Waals surface area contributed by atoms with Crippen molar-refractivity contribution in [2.24, 2.45) is 5.10 Å². The molecular formula is C22H26ClN3O4S. The van der Waals surface area contributed by atoms with E-state index in [1.165, 1.54) is 24.3 Å².